The van der Waals surface area contributed by atoms with Crippen molar-refractivity contribution >= 4 is 11.6 Å². The molecular weight excluding hydrogens is 166 g/mol. The van der Waals surface area contributed by atoms with Gasteiger partial charge in [0, 0.05) is 11.8 Å². The number of ketones is 2. The molecular formula is C10H17NO2. The smallest absolute Gasteiger partial charge is 0.133 e. The molecule has 0 spiro atoms. The van der Waals surface area contributed by atoms with E-state index in [2.05, 4.69) is 0 Å². The van der Waals surface area contributed by atoms with E-state index in [0.717, 1.165) is 12.8 Å². The molecule has 0 radical (unpaired) electrons. The molecule has 1 fully saturated rings. The van der Waals surface area contributed by atoms with E-state index < -0.39 is 0 Å². The van der Waals surface area contributed by atoms with E-state index in [1.165, 1.54) is 0 Å². The van der Waals surface area contributed by atoms with Gasteiger partial charge in [-0.1, -0.05) is 0 Å². The molecule has 3 heteroatoms. The molecule has 0 aromatic carbocycles. The van der Waals surface area contributed by atoms with E-state index in [0.29, 0.717) is 12.5 Å². The van der Waals surface area contributed by atoms with Gasteiger partial charge in [-0.05, 0) is 39.2 Å². The molecule has 3 nitrogen and oxygen atoms in total. The lowest BCUT2D eigenvalue weighted by molar-refractivity contribution is -0.128. The van der Waals surface area contributed by atoms with Crippen LogP contribution in [0.3, 0.4) is 0 Å². The lowest BCUT2D eigenvalue weighted by Gasteiger charge is -2.12. The van der Waals surface area contributed by atoms with E-state index in [-0.39, 0.29) is 23.4 Å². The second-order valence-corrected chi connectivity index (χ2v) is 4.01. The van der Waals surface area contributed by atoms with Crippen molar-refractivity contribution in [2.24, 2.45) is 23.5 Å². The average molecular weight is 183 g/mol. The summed E-state index contributed by atoms with van der Waals surface area (Å²) in [5.41, 5.74) is 5.54. The van der Waals surface area contributed by atoms with Crippen molar-refractivity contribution in [2.45, 2.75) is 26.7 Å². The molecule has 0 heterocycles. The Hall–Kier alpha value is -0.700. The van der Waals surface area contributed by atoms with Crippen LogP contribution in [-0.2, 0) is 9.59 Å². The molecule has 2 unspecified atom stereocenters. The topological polar surface area (TPSA) is 60.2 Å². The Morgan fingerprint density at radius 2 is 1.54 bits per heavy atom. The number of hydrogen-bond acceptors (Lipinski definition) is 3. The summed E-state index contributed by atoms with van der Waals surface area (Å²) < 4.78 is 0. The number of rotatable bonds is 3. The van der Waals surface area contributed by atoms with Crippen molar-refractivity contribution in [3.63, 3.8) is 0 Å². The summed E-state index contributed by atoms with van der Waals surface area (Å²) in [7, 11) is 0. The molecule has 74 valence electrons. The molecule has 1 saturated carbocycles. The van der Waals surface area contributed by atoms with Crippen LogP contribution >= 0.6 is 0 Å². The first kappa shape index (κ1) is 10.4. The minimum atomic E-state index is -0.0638. The molecule has 1 rings (SSSR count). The van der Waals surface area contributed by atoms with E-state index in [1.807, 2.05) is 0 Å². The molecule has 0 amide bonds. The quantitative estimate of drug-likeness (QED) is 0.703. The fourth-order valence-corrected chi connectivity index (χ4v) is 2.23. The summed E-state index contributed by atoms with van der Waals surface area (Å²) in [5, 5.41) is 0. The molecule has 0 aromatic heterocycles. The van der Waals surface area contributed by atoms with Gasteiger partial charge in [0.1, 0.15) is 11.6 Å². The number of hydrogen-bond donors (Lipinski definition) is 1. The van der Waals surface area contributed by atoms with Gasteiger partial charge in [-0.25, -0.2) is 0 Å². The van der Waals surface area contributed by atoms with Crippen LogP contribution in [0, 0.1) is 17.8 Å². The Kier molecular flexibility index (Phi) is 3.20. The van der Waals surface area contributed by atoms with Crippen molar-refractivity contribution in [2.75, 3.05) is 6.54 Å². The standard InChI is InChI=1S/C10H17NO2/c1-6(12)9-3-8(5-11)4-10(9)7(2)13/h8-10H,3-5,11H2,1-2H3. The van der Waals surface area contributed by atoms with Gasteiger partial charge in [-0.3, -0.25) is 9.59 Å². The summed E-state index contributed by atoms with van der Waals surface area (Å²) in [5.74, 6) is 0.507. The highest BCUT2D eigenvalue weighted by molar-refractivity contribution is 5.88. The van der Waals surface area contributed by atoms with Crippen LogP contribution < -0.4 is 5.73 Å². The highest BCUT2D eigenvalue weighted by atomic mass is 16.1. The third kappa shape index (κ3) is 2.15. The van der Waals surface area contributed by atoms with Gasteiger partial charge in [-0.2, -0.15) is 0 Å². The van der Waals surface area contributed by atoms with E-state index in [9.17, 15) is 9.59 Å². The SMILES string of the molecule is CC(=O)C1CC(CN)CC1C(C)=O. The van der Waals surface area contributed by atoms with E-state index in [4.69, 9.17) is 5.73 Å². The minimum Gasteiger partial charge on any atom is -0.330 e. The molecule has 1 aliphatic carbocycles. The molecule has 0 aliphatic heterocycles. The second-order valence-electron chi connectivity index (χ2n) is 4.01. The second kappa shape index (κ2) is 4.01. The van der Waals surface area contributed by atoms with Gasteiger partial charge >= 0.3 is 0 Å². The van der Waals surface area contributed by atoms with Crippen LogP contribution in [-0.4, -0.2) is 18.1 Å². The van der Waals surface area contributed by atoms with Crippen LogP contribution in [0.4, 0.5) is 0 Å². The Bertz CT molecular complexity index is 203. The summed E-state index contributed by atoms with van der Waals surface area (Å²) in [6, 6.07) is 0. The normalized spacial score (nSPS) is 33.3. The average Bonchev–Trinajstić information content (AvgIpc) is 2.47. The molecule has 0 bridgehead atoms. The van der Waals surface area contributed by atoms with E-state index in [1.54, 1.807) is 13.8 Å². The molecule has 2 atom stereocenters. The fraction of sp³-hybridized carbons (Fsp3) is 0.800. The van der Waals surface area contributed by atoms with Crippen molar-refractivity contribution < 1.29 is 9.59 Å². The Morgan fingerprint density at radius 3 is 1.77 bits per heavy atom. The number of Topliss-reactive ketones (excluding diaryl/α,β-unsaturated/α-hetero) is 2. The maximum atomic E-state index is 11.2. The monoisotopic (exact) mass is 183 g/mol. The third-order valence-electron chi connectivity index (χ3n) is 3.04. The van der Waals surface area contributed by atoms with Gasteiger partial charge in [0.05, 0.1) is 0 Å². The highest BCUT2D eigenvalue weighted by Crippen LogP contribution is 2.36. The van der Waals surface area contributed by atoms with Crippen LogP contribution in [0.2, 0.25) is 0 Å². The van der Waals surface area contributed by atoms with Crippen LogP contribution in [0.25, 0.3) is 0 Å². The zero-order valence-electron chi connectivity index (χ0n) is 8.25. The molecule has 13 heavy (non-hydrogen) atoms. The summed E-state index contributed by atoms with van der Waals surface area (Å²) in [4.78, 5) is 22.5. The Labute approximate surface area is 78.7 Å². The number of carbonyl (C=O) groups excluding carboxylic acids is 2. The van der Waals surface area contributed by atoms with Crippen molar-refractivity contribution in [3.8, 4) is 0 Å². The van der Waals surface area contributed by atoms with Crippen molar-refractivity contribution in [1.82, 2.24) is 0 Å². The van der Waals surface area contributed by atoms with Crippen molar-refractivity contribution in [1.29, 1.82) is 0 Å². The summed E-state index contributed by atoms with van der Waals surface area (Å²) in [6.45, 7) is 3.73. The summed E-state index contributed by atoms with van der Waals surface area (Å²) in [6.07, 6.45) is 1.60. The fourth-order valence-electron chi connectivity index (χ4n) is 2.23. The zero-order chi connectivity index (χ0) is 10.0. The van der Waals surface area contributed by atoms with Gasteiger partial charge < -0.3 is 5.73 Å². The van der Waals surface area contributed by atoms with Crippen LogP contribution in [0.1, 0.15) is 26.7 Å². The Morgan fingerprint density at radius 1 is 1.15 bits per heavy atom. The third-order valence-corrected chi connectivity index (χ3v) is 3.04. The first-order chi connectivity index (χ1) is 6.06. The van der Waals surface area contributed by atoms with Gasteiger partial charge in [-0.15, -0.1) is 0 Å². The molecule has 0 saturated heterocycles. The maximum Gasteiger partial charge on any atom is 0.133 e. The van der Waals surface area contributed by atoms with Crippen LogP contribution in [0.15, 0.2) is 0 Å². The predicted octanol–water partition coefficient (Wildman–Crippen LogP) is 0.766. The number of nitrogens with two attached hydrogens (primary N) is 1. The number of carbonyl (C=O) groups is 2. The van der Waals surface area contributed by atoms with E-state index >= 15 is 0 Å². The minimum absolute atomic E-state index is 0.0638. The maximum absolute atomic E-state index is 11.2. The summed E-state index contributed by atoms with van der Waals surface area (Å²) >= 11 is 0. The molecule has 2 N–H and O–H groups in total. The van der Waals surface area contributed by atoms with Crippen molar-refractivity contribution in [3.05, 3.63) is 0 Å². The molecule has 1 aliphatic rings. The highest BCUT2D eigenvalue weighted by Gasteiger charge is 2.38. The first-order valence-corrected chi connectivity index (χ1v) is 4.77. The lowest BCUT2D eigenvalue weighted by atomic mass is 9.90. The lowest BCUT2D eigenvalue weighted by Crippen LogP contribution is -2.21. The first-order valence-electron chi connectivity index (χ1n) is 4.77. The Balaban J connectivity index is 2.71. The van der Waals surface area contributed by atoms with Gasteiger partial charge in [0.15, 0.2) is 0 Å². The molecule has 0 aromatic rings. The van der Waals surface area contributed by atoms with Gasteiger partial charge in [0.25, 0.3) is 0 Å². The largest absolute Gasteiger partial charge is 0.330 e. The zero-order valence-corrected chi connectivity index (χ0v) is 8.25. The predicted molar refractivity (Wildman–Crippen MR) is 50.1 cm³/mol. The van der Waals surface area contributed by atoms with Crippen LogP contribution in [0.5, 0.6) is 0 Å². The van der Waals surface area contributed by atoms with Gasteiger partial charge in [0.2, 0.25) is 0 Å².